The average Bonchev–Trinajstić information content (AvgIpc) is 2.45. The number of ether oxygens (including phenoxy) is 1. The molecule has 0 atom stereocenters. The van der Waals surface area contributed by atoms with Crippen LogP contribution in [0.3, 0.4) is 0 Å². The first-order chi connectivity index (χ1) is 10.3. The van der Waals surface area contributed by atoms with Gasteiger partial charge in [-0.2, -0.15) is 0 Å². The zero-order chi connectivity index (χ0) is 16.6. The fourth-order valence-electron chi connectivity index (χ4n) is 1.62. The standard InChI is InChI=1S/C16H25N3O3/c1-16(2,3)18-11-14(20)19-13-7-5-12(6-8-13)15(21)17-9-10-22-4/h5-8,18H,9-11H2,1-4H3,(H,17,21)(H,19,20). The number of amides is 2. The average molecular weight is 307 g/mol. The molecule has 1 aromatic carbocycles. The molecule has 6 nitrogen and oxygen atoms in total. The van der Waals surface area contributed by atoms with Crippen LogP contribution in [0, 0.1) is 0 Å². The second-order valence-corrected chi connectivity index (χ2v) is 5.98. The minimum atomic E-state index is -0.163. The first-order valence-electron chi connectivity index (χ1n) is 7.24. The number of hydrogen-bond donors (Lipinski definition) is 3. The smallest absolute Gasteiger partial charge is 0.251 e. The van der Waals surface area contributed by atoms with Crippen LogP contribution in [0.25, 0.3) is 0 Å². The first-order valence-corrected chi connectivity index (χ1v) is 7.24. The van der Waals surface area contributed by atoms with Crippen molar-refractivity contribution < 1.29 is 14.3 Å². The number of benzene rings is 1. The van der Waals surface area contributed by atoms with Crippen molar-refractivity contribution in [1.29, 1.82) is 0 Å². The lowest BCUT2D eigenvalue weighted by molar-refractivity contribution is -0.115. The van der Waals surface area contributed by atoms with Gasteiger partial charge in [0.25, 0.3) is 5.91 Å². The Kier molecular flexibility index (Phi) is 7.01. The normalized spacial score (nSPS) is 11.1. The van der Waals surface area contributed by atoms with E-state index in [9.17, 15) is 9.59 Å². The zero-order valence-electron chi connectivity index (χ0n) is 13.7. The van der Waals surface area contributed by atoms with E-state index in [2.05, 4.69) is 16.0 Å². The van der Waals surface area contributed by atoms with E-state index in [0.29, 0.717) is 24.4 Å². The molecule has 122 valence electrons. The van der Waals surface area contributed by atoms with Gasteiger partial charge in [0.1, 0.15) is 0 Å². The molecule has 0 spiro atoms. The molecule has 1 aromatic rings. The zero-order valence-corrected chi connectivity index (χ0v) is 13.7. The van der Waals surface area contributed by atoms with Crippen LogP contribution in [0.4, 0.5) is 5.69 Å². The van der Waals surface area contributed by atoms with Gasteiger partial charge in [0.15, 0.2) is 0 Å². The minimum absolute atomic E-state index is 0.110. The van der Waals surface area contributed by atoms with Crippen molar-refractivity contribution >= 4 is 17.5 Å². The van der Waals surface area contributed by atoms with E-state index >= 15 is 0 Å². The van der Waals surface area contributed by atoms with E-state index in [4.69, 9.17) is 4.74 Å². The predicted octanol–water partition coefficient (Wildman–Crippen LogP) is 1.39. The highest BCUT2D eigenvalue weighted by Crippen LogP contribution is 2.09. The van der Waals surface area contributed by atoms with Crippen LogP contribution >= 0.6 is 0 Å². The molecule has 0 aliphatic rings. The van der Waals surface area contributed by atoms with Gasteiger partial charge >= 0.3 is 0 Å². The lowest BCUT2D eigenvalue weighted by Crippen LogP contribution is -2.41. The van der Waals surface area contributed by atoms with Crippen LogP contribution in [0.2, 0.25) is 0 Å². The van der Waals surface area contributed by atoms with Crippen LogP contribution in [0.15, 0.2) is 24.3 Å². The number of hydrogen-bond acceptors (Lipinski definition) is 4. The maximum absolute atomic E-state index is 11.8. The van der Waals surface area contributed by atoms with Gasteiger partial charge in [0.2, 0.25) is 5.91 Å². The molecule has 22 heavy (non-hydrogen) atoms. The summed E-state index contributed by atoms with van der Waals surface area (Å²) in [7, 11) is 1.58. The molecule has 3 N–H and O–H groups in total. The van der Waals surface area contributed by atoms with E-state index in [1.807, 2.05) is 20.8 Å². The van der Waals surface area contributed by atoms with Crippen molar-refractivity contribution in [3.05, 3.63) is 29.8 Å². The summed E-state index contributed by atoms with van der Waals surface area (Å²) in [4.78, 5) is 23.6. The second kappa shape index (κ2) is 8.51. The molecule has 0 heterocycles. The highest BCUT2D eigenvalue weighted by Gasteiger charge is 2.11. The number of anilines is 1. The summed E-state index contributed by atoms with van der Waals surface area (Å²) in [6.45, 7) is 7.17. The molecule has 0 aromatic heterocycles. The Morgan fingerprint density at radius 3 is 2.32 bits per heavy atom. The molecule has 1 rings (SSSR count). The van der Waals surface area contributed by atoms with Gasteiger partial charge in [-0.15, -0.1) is 0 Å². The van der Waals surface area contributed by atoms with E-state index in [-0.39, 0.29) is 23.9 Å². The van der Waals surface area contributed by atoms with Gasteiger partial charge in [-0.05, 0) is 45.0 Å². The Bertz CT molecular complexity index is 492. The van der Waals surface area contributed by atoms with E-state index in [0.717, 1.165) is 0 Å². The predicted molar refractivity (Wildman–Crippen MR) is 87.0 cm³/mol. The molecule has 0 fully saturated rings. The van der Waals surface area contributed by atoms with E-state index in [1.54, 1.807) is 31.4 Å². The summed E-state index contributed by atoms with van der Waals surface area (Å²) >= 11 is 0. The maximum atomic E-state index is 11.8. The molecule has 0 unspecified atom stereocenters. The Morgan fingerprint density at radius 1 is 1.14 bits per heavy atom. The van der Waals surface area contributed by atoms with Gasteiger partial charge in [0, 0.05) is 30.4 Å². The third kappa shape index (κ3) is 7.19. The quantitative estimate of drug-likeness (QED) is 0.665. The van der Waals surface area contributed by atoms with Gasteiger partial charge in [0.05, 0.1) is 13.2 Å². The molecular formula is C16H25N3O3. The van der Waals surface area contributed by atoms with Crippen LogP contribution in [0.5, 0.6) is 0 Å². The third-order valence-electron chi connectivity index (χ3n) is 2.80. The van der Waals surface area contributed by atoms with Crippen molar-refractivity contribution in [2.24, 2.45) is 0 Å². The Hall–Kier alpha value is -1.92. The van der Waals surface area contributed by atoms with Crippen molar-refractivity contribution in [1.82, 2.24) is 10.6 Å². The second-order valence-electron chi connectivity index (χ2n) is 5.98. The third-order valence-corrected chi connectivity index (χ3v) is 2.80. The van der Waals surface area contributed by atoms with Gasteiger partial charge in [-0.25, -0.2) is 0 Å². The minimum Gasteiger partial charge on any atom is -0.383 e. The molecule has 0 bridgehead atoms. The summed E-state index contributed by atoms with van der Waals surface area (Å²) < 4.78 is 4.87. The molecule has 0 radical (unpaired) electrons. The van der Waals surface area contributed by atoms with Crippen molar-refractivity contribution in [2.45, 2.75) is 26.3 Å². The van der Waals surface area contributed by atoms with E-state index in [1.165, 1.54) is 0 Å². The highest BCUT2D eigenvalue weighted by atomic mass is 16.5. The molecular weight excluding hydrogens is 282 g/mol. The Balaban J connectivity index is 2.47. The molecule has 0 aliphatic heterocycles. The SMILES string of the molecule is COCCNC(=O)c1ccc(NC(=O)CNC(C)(C)C)cc1. The fourth-order valence-corrected chi connectivity index (χ4v) is 1.62. The van der Waals surface area contributed by atoms with E-state index < -0.39 is 0 Å². The Morgan fingerprint density at radius 2 is 1.77 bits per heavy atom. The van der Waals surface area contributed by atoms with Gasteiger partial charge in [-0.1, -0.05) is 0 Å². The number of carbonyl (C=O) groups excluding carboxylic acids is 2. The lowest BCUT2D eigenvalue weighted by Gasteiger charge is -2.20. The summed E-state index contributed by atoms with van der Waals surface area (Å²) in [6.07, 6.45) is 0. The van der Waals surface area contributed by atoms with Crippen LogP contribution in [0.1, 0.15) is 31.1 Å². The molecule has 0 saturated heterocycles. The summed E-state index contributed by atoms with van der Waals surface area (Å²) in [5.74, 6) is -0.281. The number of carbonyl (C=O) groups is 2. The Labute approximate surface area is 131 Å². The topological polar surface area (TPSA) is 79.5 Å². The lowest BCUT2D eigenvalue weighted by atomic mass is 10.1. The summed E-state index contributed by atoms with van der Waals surface area (Å²) in [5, 5.41) is 8.63. The van der Waals surface area contributed by atoms with Gasteiger partial charge < -0.3 is 20.7 Å². The first kappa shape index (κ1) is 18.1. The van der Waals surface area contributed by atoms with Crippen molar-refractivity contribution in [3.63, 3.8) is 0 Å². The number of methoxy groups -OCH3 is 1. The monoisotopic (exact) mass is 307 g/mol. The fraction of sp³-hybridized carbons (Fsp3) is 0.500. The molecule has 6 heteroatoms. The molecule has 0 aliphatic carbocycles. The summed E-state index contributed by atoms with van der Waals surface area (Å²) in [5.41, 5.74) is 1.10. The molecule has 0 saturated carbocycles. The van der Waals surface area contributed by atoms with Gasteiger partial charge in [-0.3, -0.25) is 9.59 Å². The van der Waals surface area contributed by atoms with Crippen LogP contribution in [-0.2, 0) is 9.53 Å². The van der Waals surface area contributed by atoms with Crippen LogP contribution in [-0.4, -0.2) is 44.2 Å². The number of nitrogens with one attached hydrogen (secondary N) is 3. The van der Waals surface area contributed by atoms with Crippen LogP contribution < -0.4 is 16.0 Å². The number of rotatable bonds is 7. The van der Waals surface area contributed by atoms with Crippen molar-refractivity contribution in [3.8, 4) is 0 Å². The summed E-state index contributed by atoms with van der Waals surface area (Å²) in [6, 6.07) is 6.77. The molecule has 2 amide bonds. The largest absolute Gasteiger partial charge is 0.383 e. The highest BCUT2D eigenvalue weighted by molar-refractivity contribution is 5.96. The maximum Gasteiger partial charge on any atom is 0.251 e. The van der Waals surface area contributed by atoms with Crippen molar-refractivity contribution in [2.75, 3.05) is 32.1 Å².